The lowest BCUT2D eigenvalue weighted by atomic mass is 9.98. The zero-order valence-electron chi connectivity index (χ0n) is 12.1. The number of hydrogen-bond acceptors (Lipinski definition) is 4. The molecule has 1 saturated carbocycles. The molecule has 5 nitrogen and oxygen atoms in total. The first-order chi connectivity index (χ1) is 10.6. The molecule has 7 heteroatoms. The first kappa shape index (κ1) is 16.0. The molecule has 0 radical (unpaired) electrons. The van der Waals surface area contributed by atoms with Gasteiger partial charge in [0.15, 0.2) is 0 Å². The molecule has 2 aliphatic rings. The van der Waals surface area contributed by atoms with E-state index in [1.54, 1.807) is 12.4 Å². The van der Waals surface area contributed by atoms with Crippen molar-refractivity contribution in [2.75, 3.05) is 19.7 Å². The Morgan fingerprint density at radius 2 is 2.00 bits per heavy atom. The van der Waals surface area contributed by atoms with Gasteiger partial charge in [0.1, 0.15) is 6.61 Å². The molecule has 1 amide bonds. The van der Waals surface area contributed by atoms with Crippen LogP contribution < -0.4 is 5.32 Å². The van der Waals surface area contributed by atoms with E-state index in [9.17, 15) is 4.79 Å². The highest BCUT2D eigenvalue weighted by atomic mass is 35.5. The zero-order chi connectivity index (χ0) is 15.7. The summed E-state index contributed by atoms with van der Waals surface area (Å²) in [6.07, 6.45) is 5.64. The molecule has 1 aromatic heterocycles. The van der Waals surface area contributed by atoms with Crippen LogP contribution >= 0.6 is 23.2 Å². The Kier molecular flexibility index (Phi) is 4.88. The molecule has 120 valence electrons. The number of carbonyl (C=O) groups excluding carboxylic acids is 1. The Bertz CT molecular complexity index is 545. The number of nitrogens with one attached hydrogen (secondary N) is 1. The smallest absolute Gasteiger partial charge is 0.245 e. The average molecular weight is 344 g/mol. The van der Waals surface area contributed by atoms with Crippen LogP contribution in [0.15, 0.2) is 12.4 Å². The fourth-order valence-corrected chi connectivity index (χ4v) is 3.75. The van der Waals surface area contributed by atoms with Gasteiger partial charge >= 0.3 is 0 Å². The summed E-state index contributed by atoms with van der Waals surface area (Å²) in [6, 6.07) is 0.0894. The van der Waals surface area contributed by atoms with Gasteiger partial charge in [0.2, 0.25) is 5.91 Å². The average Bonchev–Trinajstić information content (AvgIpc) is 3.26. The van der Waals surface area contributed by atoms with Crippen LogP contribution in [0.2, 0.25) is 10.0 Å². The summed E-state index contributed by atoms with van der Waals surface area (Å²) in [4.78, 5) is 17.7. The maximum atomic E-state index is 11.5. The van der Waals surface area contributed by atoms with E-state index in [0.29, 0.717) is 28.4 Å². The maximum absolute atomic E-state index is 11.5. The van der Waals surface area contributed by atoms with E-state index in [-0.39, 0.29) is 11.9 Å². The van der Waals surface area contributed by atoms with Gasteiger partial charge < -0.3 is 10.4 Å². The van der Waals surface area contributed by atoms with Crippen LogP contribution in [-0.4, -0.2) is 46.6 Å². The predicted molar refractivity (Wildman–Crippen MR) is 84.8 cm³/mol. The molecule has 3 rings (SSSR count). The van der Waals surface area contributed by atoms with Gasteiger partial charge in [-0.15, -0.1) is 0 Å². The van der Waals surface area contributed by atoms with E-state index in [4.69, 9.17) is 28.3 Å². The molecule has 0 aromatic carbocycles. The fraction of sp³-hybridized carbons (Fsp3) is 0.600. The molecule has 1 aliphatic carbocycles. The third kappa shape index (κ3) is 3.54. The van der Waals surface area contributed by atoms with Gasteiger partial charge in [0.25, 0.3) is 0 Å². The van der Waals surface area contributed by atoms with Crippen molar-refractivity contribution in [2.45, 2.75) is 25.4 Å². The molecule has 0 unspecified atom stereocenters. The number of aliphatic hydroxyl groups excluding tert-OH is 1. The van der Waals surface area contributed by atoms with Crippen molar-refractivity contribution >= 4 is 29.1 Å². The molecule has 22 heavy (non-hydrogen) atoms. The Hall–Kier alpha value is -0.880. The summed E-state index contributed by atoms with van der Waals surface area (Å²) >= 11 is 12.4. The quantitative estimate of drug-likeness (QED) is 0.854. The van der Waals surface area contributed by atoms with E-state index in [0.717, 1.165) is 18.7 Å². The number of halogens is 2. The topological polar surface area (TPSA) is 65.5 Å². The Balaban J connectivity index is 1.69. The van der Waals surface area contributed by atoms with Crippen LogP contribution in [0.3, 0.4) is 0 Å². The van der Waals surface area contributed by atoms with Crippen molar-refractivity contribution in [2.24, 2.45) is 11.8 Å². The summed E-state index contributed by atoms with van der Waals surface area (Å²) in [5, 5.41) is 13.0. The standard InChI is InChI=1S/C15H19Cl2N3O2/c16-12-3-18-4-13(17)11(12)6-20-5-10(9-1-2-9)14(7-20)19-15(22)8-21/h3-4,9-10,14,21H,1-2,5-8H2,(H,19,22)/t10-,14+/m1/s1. The lowest BCUT2D eigenvalue weighted by molar-refractivity contribution is -0.124. The second-order valence-corrected chi connectivity index (χ2v) is 6.92. The van der Waals surface area contributed by atoms with Crippen molar-refractivity contribution in [3.63, 3.8) is 0 Å². The molecular weight excluding hydrogens is 325 g/mol. The van der Waals surface area contributed by atoms with Gasteiger partial charge in [-0.2, -0.15) is 0 Å². The van der Waals surface area contributed by atoms with Gasteiger partial charge in [0.05, 0.1) is 10.0 Å². The minimum atomic E-state index is -0.462. The lowest BCUT2D eigenvalue weighted by Gasteiger charge is -2.18. The van der Waals surface area contributed by atoms with Gasteiger partial charge in [0, 0.05) is 43.6 Å². The zero-order valence-corrected chi connectivity index (χ0v) is 13.6. The summed E-state index contributed by atoms with van der Waals surface area (Å²) in [5.74, 6) is 0.810. The van der Waals surface area contributed by atoms with Gasteiger partial charge in [-0.3, -0.25) is 14.7 Å². The van der Waals surface area contributed by atoms with E-state index < -0.39 is 6.61 Å². The summed E-state index contributed by atoms with van der Waals surface area (Å²) in [6.45, 7) is 1.85. The molecule has 1 aliphatic heterocycles. The highest BCUT2D eigenvalue weighted by Crippen LogP contribution is 2.42. The van der Waals surface area contributed by atoms with Crippen LogP contribution in [0.1, 0.15) is 18.4 Å². The molecule has 0 spiro atoms. The van der Waals surface area contributed by atoms with Gasteiger partial charge in [-0.25, -0.2) is 0 Å². The van der Waals surface area contributed by atoms with E-state index >= 15 is 0 Å². The largest absolute Gasteiger partial charge is 0.387 e. The van der Waals surface area contributed by atoms with Crippen molar-refractivity contribution in [3.05, 3.63) is 28.0 Å². The summed E-state index contributed by atoms with van der Waals surface area (Å²) < 4.78 is 0. The number of hydrogen-bond donors (Lipinski definition) is 2. The van der Waals surface area contributed by atoms with E-state index in [2.05, 4.69) is 15.2 Å². The van der Waals surface area contributed by atoms with Crippen molar-refractivity contribution in [3.8, 4) is 0 Å². The summed E-state index contributed by atoms with van der Waals surface area (Å²) in [7, 11) is 0. The Morgan fingerprint density at radius 3 is 2.59 bits per heavy atom. The second kappa shape index (κ2) is 6.71. The Labute approximate surface area is 139 Å². The van der Waals surface area contributed by atoms with Crippen molar-refractivity contribution in [1.82, 2.24) is 15.2 Å². The van der Waals surface area contributed by atoms with Gasteiger partial charge in [-0.05, 0) is 24.7 Å². The first-order valence-corrected chi connectivity index (χ1v) is 8.24. The molecule has 2 fully saturated rings. The number of nitrogens with zero attached hydrogens (tertiary/aromatic N) is 2. The molecule has 2 heterocycles. The minimum absolute atomic E-state index is 0.0894. The first-order valence-electron chi connectivity index (χ1n) is 7.49. The lowest BCUT2D eigenvalue weighted by Crippen LogP contribution is -2.42. The molecule has 1 saturated heterocycles. The second-order valence-electron chi connectivity index (χ2n) is 6.11. The number of aliphatic hydroxyl groups is 1. The molecule has 2 N–H and O–H groups in total. The fourth-order valence-electron chi connectivity index (χ4n) is 3.26. The maximum Gasteiger partial charge on any atom is 0.245 e. The van der Waals surface area contributed by atoms with E-state index in [1.165, 1.54) is 12.8 Å². The number of carbonyl (C=O) groups is 1. The summed E-state index contributed by atoms with van der Waals surface area (Å²) in [5.41, 5.74) is 0.877. The number of amides is 1. The molecule has 2 atom stereocenters. The number of rotatable bonds is 5. The monoisotopic (exact) mass is 343 g/mol. The van der Waals surface area contributed by atoms with Gasteiger partial charge in [-0.1, -0.05) is 23.2 Å². The molecule has 0 bridgehead atoms. The molecule has 1 aromatic rings. The van der Waals surface area contributed by atoms with Crippen molar-refractivity contribution < 1.29 is 9.90 Å². The van der Waals surface area contributed by atoms with Crippen molar-refractivity contribution in [1.29, 1.82) is 0 Å². The van der Waals surface area contributed by atoms with E-state index in [1.807, 2.05) is 0 Å². The van der Waals surface area contributed by atoms with Crippen LogP contribution in [-0.2, 0) is 11.3 Å². The predicted octanol–water partition coefficient (Wildman–Crippen LogP) is 1.71. The normalized spacial score (nSPS) is 25.4. The van der Waals surface area contributed by atoms with Crippen LogP contribution in [0.4, 0.5) is 0 Å². The number of likely N-dealkylation sites (tertiary alicyclic amines) is 1. The molecular formula is C15H19Cl2N3O2. The highest BCUT2D eigenvalue weighted by Gasteiger charge is 2.43. The number of aromatic nitrogens is 1. The van der Waals surface area contributed by atoms with Crippen LogP contribution in [0, 0.1) is 11.8 Å². The highest BCUT2D eigenvalue weighted by molar-refractivity contribution is 6.35. The Morgan fingerprint density at radius 1 is 1.32 bits per heavy atom. The third-order valence-corrected chi connectivity index (χ3v) is 5.14. The minimum Gasteiger partial charge on any atom is -0.387 e. The number of pyridine rings is 1. The third-order valence-electron chi connectivity index (χ3n) is 4.49. The van der Waals surface area contributed by atoms with Crippen LogP contribution in [0.25, 0.3) is 0 Å². The SMILES string of the molecule is O=C(CO)N[C@H]1CN(Cc2c(Cl)cncc2Cl)C[C@@H]1C1CC1. The van der Waals surface area contributed by atoms with Crippen LogP contribution in [0.5, 0.6) is 0 Å².